The monoisotopic (exact) mass is 603 g/mol. The van der Waals surface area contributed by atoms with E-state index in [2.05, 4.69) is 11.0 Å². The zero-order valence-electron chi connectivity index (χ0n) is 26.9. The Morgan fingerprint density at radius 3 is 2.23 bits per heavy atom. The third kappa shape index (κ3) is 8.75. The molecule has 11 nitrogen and oxygen atoms in total. The van der Waals surface area contributed by atoms with Gasteiger partial charge in [0.15, 0.2) is 6.29 Å². The maximum absolute atomic E-state index is 13.9. The molecule has 2 saturated heterocycles. The molecule has 0 spiro atoms. The molecule has 0 bridgehead atoms. The first-order valence-electron chi connectivity index (χ1n) is 15.5. The number of anilines is 2. The number of aryl methyl sites for hydroxylation is 1. The summed E-state index contributed by atoms with van der Waals surface area (Å²) in [6.07, 6.45) is 3.14. The Labute approximate surface area is 255 Å². The van der Waals surface area contributed by atoms with Crippen molar-refractivity contribution in [1.29, 1.82) is 0 Å². The Morgan fingerprint density at radius 1 is 0.930 bits per heavy atom. The molecule has 43 heavy (non-hydrogen) atoms. The summed E-state index contributed by atoms with van der Waals surface area (Å²) in [6, 6.07) is 3.94. The third-order valence-corrected chi connectivity index (χ3v) is 7.66. The van der Waals surface area contributed by atoms with E-state index in [9.17, 15) is 14.4 Å². The minimum atomic E-state index is -0.927. The average Bonchev–Trinajstić information content (AvgIpc) is 3.07. The van der Waals surface area contributed by atoms with Crippen LogP contribution in [0.5, 0.6) is 5.75 Å². The molecule has 0 aliphatic carbocycles. The minimum absolute atomic E-state index is 0.266. The highest BCUT2D eigenvalue weighted by molar-refractivity contribution is 6.07. The van der Waals surface area contributed by atoms with Crippen LogP contribution in [0.25, 0.3) is 0 Å². The lowest BCUT2D eigenvalue weighted by atomic mass is 9.99. The van der Waals surface area contributed by atoms with Gasteiger partial charge >= 0.3 is 12.1 Å². The second kappa shape index (κ2) is 13.7. The Morgan fingerprint density at radius 2 is 1.63 bits per heavy atom. The summed E-state index contributed by atoms with van der Waals surface area (Å²) in [7, 11) is 1.61. The first-order valence-corrected chi connectivity index (χ1v) is 15.5. The van der Waals surface area contributed by atoms with Crippen LogP contribution < -0.4 is 14.5 Å². The van der Waals surface area contributed by atoms with Gasteiger partial charge in [-0.05, 0) is 85.3 Å². The molecule has 2 fully saturated rings. The highest BCUT2D eigenvalue weighted by Gasteiger charge is 2.38. The molecule has 0 radical (unpaired) electrons. The van der Waals surface area contributed by atoms with Crippen molar-refractivity contribution in [3.8, 4) is 5.75 Å². The van der Waals surface area contributed by atoms with Crippen LogP contribution in [0.4, 0.5) is 16.2 Å². The van der Waals surface area contributed by atoms with Gasteiger partial charge < -0.3 is 38.4 Å². The van der Waals surface area contributed by atoms with E-state index < -0.39 is 23.1 Å². The molecular formula is C32H49N3O8. The van der Waals surface area contributed by atoms with Gasteiger partial charge in [0.1, 0.15) is 22.9 Å². The predicted octanol–water partition coefficient (Wildman–Crippen LogP) is 4.53. The van der Waals surface area contributed by atoms with Crippen LogP contribution in [-0.2, 0) is 35.0 Å². The fraction of sp³-hybridized carbons (Fsp3) is 0.719. The van der Waals surface area contributed by atoms with Gasteiger partial charge in [-0.1, -0.05) is 0 Å². The van der Waals surface area contributed by atoms with Crippen molar-refractivity contribution < 1.29 is 38.1 Å². The van der Waals surface area contributed by atoms with E-state index in [4.69, 9.17) is 23.7 Å². The molecule has 3 aliphatic heterocycles. The predicted molar refractivity (Wildman–Crippen MR) is 163 cm³/mol. The first-order chi connectivity index (χ1) is 20.3. The van der Waals surface area contributed by atoms with Crippen molar-refractivity contribution in [3.05, 3.63) is 17.7 Å². The number of benzene rings is 1. The minimum Gasteiger partial charge on any atom is -0.495 e. The van der Waals surface area contributed by atoms with Crippen LogP contribution in [0, 0.1) is 5.92 Å². The van der Waals surface area contributed by atoms with Crippen molar-refractivity contribution in [1.82, 2.24) is 4.90 Å². The molecule has 2 atom stereocenters. The highest BCUT2D eigenvalue weighted by atomic mass is 16.7. The number of esters is 1. The van der Waals surface area contributed by atoms with Gasteiger partial charge in [0.2, 0.25) is 5.91 Å². The molecule has 11 heteroatoms. The number of fused-ring (bicyclic) bond motifs is 1. The van der Waals surface area contributed by atoms with Crippen LogP contribution in [0.15, 0.2) is 12.1 Å². The average molecular weight is 604 g/mol. The molecule has 0 N–H and O–H groups in total. The van der Waals surface area contributed by atoms with Gasteiger partial charge in [-0.3, -0.25) is 9.59 Å². The number of hydrogen-bond donors (Lipinski definition) is 0. The number of nitrogens with zero attached hydrogens (tertiary/aromatic N) is 3. The fourth-order valence-electron chi connectivity index (χ4n) is 5.59. The lowest BCUT2D eigenvalue weighted by Gasteiger charge is -2.37. The molecule has 1 aromatic rings. The van der Waals surface area contributed by atoms with E-state index in [1.807, 2.05) is 26.8 Å². The van der Waals surface area contributed by atoms with E-state index in [1.54, 1.807) is 37.7 Å². The zero-order valence-corrected chi connectivity index (χ0v) is 26.9. The quantitative estimate of drug-likeness (QED) is 0.328. The normalized spacial score (nSPS) is 21.7. The summed E-state index contributed by atoms with van der Waals surface area (Å²) < 4.78 is 28.8. The topological polar surface area (TPSA) is 107 Å². The van der Waals surface area contributed by atoms with Gasteiger partial charge in [0.25, 0.3) is 0 Å². The number of methoxy groups -OCH3 is 1. The summed E-state index contributed by atoms with van der Waals surface area (Å²) in [5, 5.41) is 0. The highest BCUT2D eigenvalue weighted by Crippen LogP contribution is 2.40. The van der Waals surface area contributed by atoms with Gasteiger partial charge in [-0.25, -0.2) is 4.79 Å². The molecule has 0 saturated carbocycles. The van der Waals surface area contributed by atoms with Crippen molar-refractivity contribution in [3.63, 3.8) is 0 Å². The molecule has 3 heterocycles. The van der Waals surface area contributed by atoms with Crippen LogP contribution in [-0.4, -0.2) is 93.4 Å². The Hall–Kier alpha value is -3.05. The largest absolute Gasteiger partial charge is 0.495 e. The maximum atomic E-state index is 13.9. The van der Waals surface area contributed by atoms with Gasteiger partial charge in [0.05, 0.1) is 25.1 Å². The lowest BCUT2D eigenvalue weighted by Crippen LogP contribution is -2.50. The number of carbonyl (C=O) groups is 3. The van der Waals surface area contributed by atoms with Crippen molar-refractivity contribution in [2.45, 2.75) is 91.1 Å². The Kier molecular flexibility index (Phi) is 10.5. The second-order valence-electron chi connectivity index (χ2n) is 13.4. The lowest BCUT2D eigenvalue weighted by molar-refractivity contribution is -0.164. The van der Waals surface area contributed by atoms with Crippen LogP contribution >= 0.6 is 0 Å². The maximum Gasteiger partial charge on any atom is 0.410 e. The Bertz CT molecular complexity index is 1140. The molecule has 2 amide bonds. The summed E-state index contributed by atoms with van der Waals surface area (Å²) in [5.74, 6) is -1.13. The van der Waals surface area contributed by atoms with Gasteiger partial charge in [-0.2, -0.15) is 0 Å². The SMILES string of the molecule is COc1cc2c(cc1N1CCN(C(=O)OC(C)(C)C)CC1)CCC(C(=O)OC(C)(C)C)C(=O)N2CCOC1CCCCO1. The number of ether oxygens (including phenoxy) is 5. The van der Waals surface area contributed by atoms with E-state index in [0.717, 1.165) is 30.5 Å². The summed E-state index contributed by atoms with van der Waals surface area (Å²) in [5.41, 5.74) is 1.28. The number of amides is 2. The van der Waals surface area contributed by atoms with Crippen molar-refractivity contribution >= 4 is 29.3 Å². The van der Waals surface area contributed by atoms with Crippen LogP contribution in [0.1, 0.15) is 72.8 Å². The zero-order chi connectivity index (χ0) is 31.4. The number of piperazine rings is 1. The molecule has 3 aliphatic rings. The molecule has 240 valence electrons. The van der Waals surface area contributed by atoms with E-state index >= 15 is 0 Å². The van der Waals surface area contributed by atoms with E-state index in [0.29, 0.717) is 57.1 Å². The molecule has 4 rings (SSSR count). The third-order valence-electron chi connectivity index (χ3n) is 7.66. The van der Waals surface area contributed by atoms with Crippen molar-refractivity contribution in [2.24, 2.45) is 5.92 Å². The Balaban J connectivity index is 1.57. The summed E-state index contributed by atoms with van der Waals surface area (Å²) >= 11 is 0. The fourth-order valence-corrected chi connectivity index (χ4v) is 5.59. The molecule has 0 aromatic heterocycles. The van der Waals surface area contributed by atoms with Gasteiger partial charge in [-0.15, -0.1) is 0 Å². The van der Waals surface area contributed by atoms with Crippen LogP contribution in [0.3, 0.4) is 0 Å². The van der Waals surface area contributed by atoms with E-state index in [1.165, 1.54) is 0 Å². The standard InChI is InChI=1S/C32H49N3O8/c1-31(2,3)42-29(37)23-12-11-22-20-25(33-13-15-34(16-14-33)30(38)43-32(4,5)6)26(39-7)21-24(22)35(28(23)36)17-19-41-27-10-8-9-18-40-27/h20-21,23,27H,8-19H2,1-7H3. The molecule has 2 unspecified atom stereocenters. The molecular weight excluding hydrogens is 554 g/mol. The number of rotatable bonds is 7. The van der Waals surface area contributed by atoms with Crippen molar-refractivity contribution in [2.75, 3.05) is 62.8 Å². The summed E-state index contributed by atoms with van der Waals surface area (Å²) in [6.45, 7) is 14.4. The molecule has 1 aromatic carbocycles. The number of carbonyl (C=O) groups excluding carboxylic acids is 3. The van der Waals surface area contributed by atoms with Crippen LogP contribution in [0.2, 0.25) is 0 Å². The smallest absolute Gasteiger partial charge is 0.410 e. The second-order valence-corrected chi connectivity index (χ2v) is 13.4. The van der Waals surface area contributed by atoms with Gasteiger partial charge in [0, 0.05) is 45.4 Å². The summed E-state index contributed by atoms with van der Waals surface area (Å²) in [4.78, 5) is 45.3. The first kappa shape index (κ1) is 32.9. The number of hydrogen-bond acceptors (Lipinski definition) is 9. The van der Waals surface area contributed by atoms with E-state index in [-0.39, 0.29) is 31.4 Å².